The number of carbonyl (C=O) groups is 3. The van der Waals surface area contributed by atoms with Crippen molar-refractivity contribution in [3.05, 3.63) is 30.3 Å². The predicted octanol–water partition coefficient (Wildman–Crippen LogP) is 2.57. The maximum atomic E-state index is 12.3. The van der Waals surface area contributed by atoms with Gasteiger partial charge in [-0.3, -0.25) is 0 Å². The molecular weight excluding hydrogens is 373 g/mol. The van der Waals surface area contributed by atoms with Crippen molar-refractivity contribution in [3.8, 4) is 0 Å². The Bertz CT molecular complexity index is 566. The molecule has 6 heteroatoms. The van der Waals surface area contributed by atoms with Crippen molar-refractivity contribution >= 4 is 37.2 Å². The van der Waals surface area contributed by atoms with Crippen LogP contribution in [0, 0.1) is 0 Å². The fraction of sp³-hybridized carbons (Fsp3) is 0.500. The molecule has 0 spiro atoms. The van der Waals surface area contributed by atoms with Crippen LogP contribution in [0.15, 0.2) is 30.3 Å². The Morgan fingerprint density at radius 3 is 2.29 bits per heavy atom. The number of carbonyl (C=O) groups excluding carboxylic acids is 3. The van der Waals surface area contributed by atoms with Crippen LogP contribution in [-0.2, 0) is 14.3 Å². The molecule has 0 radical (unpaired) electrons. The van der Waals surface area contributed by atoms with Gasteiger partial charge in [0, 0.05) is 0 Å². The first-order valence-electron chi connectivity index (χ1n) is 7.89. The summed E-state index contributed by atoms with van der Waals surface area (Å²) < 4.78 is 6.50. The molecule has 0 aliphatic rings. The van der Waals surface area contributed by atoms with Gasteiger partial charge >= 0.3 is 150 Å². The van der Waals surface area contributed by atoms with E-state index in [0.29, 0.717) is 21.4 Å². The van der Waals surface area contributed by atoms with E-state index in [1.165, 1.54) is 11.4 Å². The van der Waals surface area contributed by atoms with Gasteiger partial charge in [-0.25, -0.2) is 0 Å². The van der Waals surface area contributed by atoms with E-state index in [4.69, 9.17) is 4.74 Å². The number of benzene rings is 1. The third-order valence-electron chi connectivity index (χ3n) is 2.84. The molecule has 132 valence electrons. The Morgan fingerprint density at radius 1 is 1.12 bits per heavy atom. The fourth-order valence-corrected chi connectivity index (χ4v) is 3.69. The number of rotatable bonds is 7. The Morgan fingerprint density at radius 2 is 1.75 bits per heavy atom. The van der Waals surface area contributed by atoms with Crippen LogP contribution in [0.2, 0.25) is 5.32 Å². The third kappa shape index (κ3) is 8.27. The number of hydrogen-bond donors (Lipinski definition) is 0. The van der Waals surface area contributed by atoms with E-state index in [1.807, 2.05) is 18.2 Å². The molecule has 1 aromatic carbocycles. The molecule has 0 aromatic heterocycles. The Labute approximate surface area is 149 Å². The molecule has 0 aliphatic heterocycles. The van der Waals surface area contributed by atoms with Gasteiger partial charge in [0.05, 0.1) is 0 Å². The molecule has 0 saturated heterocycles. The molecule has 0 heterocycles. The van der Waals surface area contributed by atoms with Crippen LogP contribution in [0.4, 0.5) is 4.79 Å². The maximum absolute atomic E-state index is 12.3. The molecule has 1 rings (SSSR count). The average molecular weight is 398 g/mol. The van der Waals surface area contributed by atoms with Gasteiger partial charge in [-0.2, -0.15) is 0 Å². The first-order valence-corrected chi connectivity index (χ1v) is 9.96. The second-order valence-electron chi connectivity index (χ2n) is 6.43. The molecular formula is C18H25NO4Se. The van der Waals surface area contributed by atoms with E-state index in [2.05, 4.69) is 12.1 Å². The van der Waals surface area contributed by atoms with E-state index < -0.39 is 11.7 Å². The zero-order valence-corrected chi connectivity index (χ0v) is 16.4. The zero-order chi connectivity index (χ0) is 18.2. The van der Waals surface area contributed by atoms with E-state index in [0.717, 1.165) is 10.2 Å². The number of imide groups is 1. The monoisotopic (exact) mass is 399 g/mol. The first-order chi connectivity index (χ1) is 11.2. The number of ketones is 1. The van der Waals surface area contributed by atoms with Crippen molar-refractivity contribution in [2.45, 2.75) is 51.5 Å². The van der Waals surface area contributed by atoms with Crippen LogP contribution < -0.4 is 4.46 Å². The minimum absolute atomic E-state index is 0.237. The predicted molar refractivity (Wildman–Crippen MR) is 94.5 cm³/mol. The molecule has 2 amide bonds. The summed E-state index contributed by atoms with van der Waals surface area (Å²) in [4.78, 5) is 36.7. The molecule has 0 bridgehead atoms. The minimum atomic E-state index is -0.753. The van der Waals surface area contributed by atoms with Gasteiger partial charge < -0.3 is 0 Å². The molecule has 5 nitrogen and oxygen atoms in total. The normalized spacial score (nSPS) is 11.0. The summed E-state index contributed by atoms with van der Waals surface area (Å²) in [5.41, 5.74) is -0.706. The molecule has 1 aromatic rings. The van der Waals surface area contributed by atoms with Crippen LogP contribution in [0.5, 0.6) is 0 Å². The zero-order valence-electron chi connectivity index (χ0n) is 14.7. The van der Waals surface area contributed by atoms with Crippen LogP contribution in [0.25, 0.3) is 0 Å². The van der Waals surface area contributed by atoms with Gasteiger partial charge in [0.2, 0.25) is 0 Å². The summed E-state index contributed by atoms with van der Waals surface area (Å²) in [7, 11) is 0. The summed E-state index contributed by atoms with van der Waals surface area (Å²) in [6.45, 7) is 6.29. The number of nitrogens with zero attached hydrogens (tertiary/aromatic N) is 1. The molecule has 0 N–H and O–H groups in total. The van der Waals surface area contributed by atoms with Crippen LogP contribution in [-0.4, -0.2) is 49.8 Å². The van der Waals surface area contributed by atoms with E-state index >= 15 is 0 Å². The van der Waals surface area contributed by atoms with Gasteiger partial charge in [0.25, 0.3) is 0 Å². The average Bonchev–Trinajstić information content (AvgIpc) is 2.48. The Hall–Kier alpha value is -1.65. The van der Waals surface area contributed by atoms with Crippen molar-refractivity contribution in [1.29, 1.82) is 0 Å². The summed E-state index contributed by atoms with van der Waals surface area (Å²) >= 11 is 0.304. The molecule has 24 heavy (non-hydrogen) atoms. The quantitative estimate of drug-likeness (QED) is 0.523. The van der Waals surface area contributed by atoms with Gasteiger partial charge in [-0.15, -0.1) is 0 Å². The standard InChI is InChI=1S/C18H25NO4Se/c1-14(20)13-19(17(22)23-18(2,3)4)16(21)11-8-12-24-15-9-6-5-7-10-15/h5-7,9-10H,8,11-13H2,1-4H3. The second-order valence-corrected chi connectivity index (χ2v) is 8.88. The fourth-order valence-electron chi connectivity index (χ4n) is 1.86. The van der Waals surface area contributed by atoms with Gasteiger partial charge in [-0.05, 0) is 0 Å². The number of ether oxygens (including phenoxy) is 1. The van der Waals surface area contributed by atoms with Crippen LogP contribution in [0.3, 0.4) is 0 Å². The van der Waals surface area contributed by atoms with E-state index in [1.54, 1.807) is 20.8 Å². The van der Waals surface area contributed by atoms with Crippen LogP contribution in [0.1, 0.15) is 40.5 Å². The third-order valence-corrected chi connectivity index (χ3v) is 5.15. The van der Waals surface area contributed by atoms with Crippen molar-refractivity contribution in [2.24, 2.45) is 0 Å². The topological polar surface area (TPSA) is 63.7 Å². The summed E-state index contributed by atoms with van der Waals surface area (Å²) in [5.74, 6) is -0.606. The number of hydrogen-bond acceptors (Lipinski definition) is 4. The summed E-state index contributed by atoms with van der Waals surface area (Å²) in [6, 6.07) is 10.1. The molecule has 0 aliphatic carbocycles. The van der Waals surface area contributed by atoms with Gasteiger partial charge in [0.15, 0.2) is 0 Å². The Balaban J connectivity index is 2.52. The first kappa shape index (κ1) is 20.4. The summed E-state index contributed by atoms with van der Waals surface area (Å²) in [6.07, 6.45) is 0.169. The molecule has 0 unspecified atom stereocenters. The van der Waals surface area contributed by atoms with Gasteiger partial charge in [-0.1, -0.05) is 0 Å². The number of Topliss-reactive ketones (excluding diaryl/α,β-unsaturated/α-hetero) is 1. The van der Waals surface area contributed by atoms with Crippen molar-refractivity contribution in [3.63, 3.8) is 0 Å². The van der Waals surface area contributed by atoms with E-state index in [9.17, 15) is 14.4 Å². The van der Waals surface area contributed by atoms with Crippen LogP contribution >= 0.6 is 0 Å². The molecule has 0 saturated carbocycles. The van der Waals surface area contributed by atoms with E-state index in [-0.39, 0.29) is 24.7 Å². The second kappa shape index (κ2) is 9.60. The SMILES string of the molecule is CC(=O)CN(C(=O)CCC[Se]c1ccccc1)C(=O)OC(C)(C)C. The number of amides is 2. The van der Waals surface area contributed by atoms with Gasteiger partial charge in [0.1, 0.15) is 0 Å². The Kier molecular flexibility index (Phi) is 8.16. The van der Waals surface area contributed by atoms with Crippen molar-refractivity contribution in [2.75, 3.05) is 6.54 Å². The summed E-state index contributed by atoms with van der Waals surface area (Å²) in [5, 5.41) is 0.908. The molecule has 0 fully saturated rings. The molecule has 0 atom stereocenters. The van der Waals surface area contributed by atoms with Crippen molar-refractivity contribution < 1.29 is 19.1 Å². The van der Waals surface area contributed by atoms with Crippen molar-refractivity contribution in [1.82, 2.24) is 4.90 Å².